The number of aromatic amines is 4. The van der Waals surface area contributed by atoms with Gasteiger partial charge in [0.15, 0.2) is 70.9 Å². The highest BCUT2D eigenvalue weighted by Gasteiger charge is 2.62. The molecule has 720 valence electrons. The van der Waals surface area contributed by atoms with Gasteiger partial charge in [0.1, 0.15) is 75.2 Å². The Bertz CT molecular complexity index is 6650. The van der Waals surface area contributed by atoms with E-state index in [1.807, 2.05) is 4.98 Å². The first-order valence-corrected chi connectivity index (χ1v) is 43.4. The minimum atomic E-state index is -4.97. The number of aromatic nitrogens is 8. The van der Waals surface area contributed by atoms with Gasteiger partial charge in [0.2, 0.25) is 0 Å². The van der Waals surface area contributed by atoms with Crippen molar-refractivity contribution in [2.45, 2.75) is 150 Å². The molecule has 4 aromatic carbocycles. The number of benzene rings is 4. The standard InChI is InChI=1S/4C18H20FN2O11P/c4*1-28-11-4-2-3-9-7-29-33(27,32-13(9)11)30-8-18(19)14(24)12(23)16(31-18)21-5-10(6-22)15(25)20-17(21)26/h4*2-5,12,14,16,22-24H,6-8H2,1H3,(H,20,25,26)/t4*12-,14+,16-,18-,33?/m1111/s1/i8D2,16D;16D;8D2;. The van der Waals surface area contributed by atoms with Crippen LogP contribution in [0.5, 0.6) is 46.0 Å². The third-order valence-corrected chi connectivity index (χ3v) is 24.7. The predicted octanol–water partition coefficient (Wildman–Crippen LogP) is -1.25. The van der Waals surface area contributed by atoms with Crippen molar-refractivity contribution in [2.24, 2.45) is 0 Å². The molecular weight excluding hydrogens is 1880 g/mol. The summed E-state index contributed by atoms with van der Waals surface area (Å²) in [5.41, 5.74) is -8.74. The van der Waals surface area contributed by atoms with Crippen LogP contribution in [-0.4, -0.2) is 227 Å². The third kappa shape index (κ3) is 20.1. The van der Waals surface area contributed by atoms with E-state index in [4.69, 9.17) is 100 Å². The van der Waals surface area contributed by atoms with Crippen molar-refractivity contribution in [3.05, 3.63) is 225 Å². The number of fused-ring (bicyclic) bond motifs is 4. The molecule has 20 atom stereocenters. The van der Waals surface area contributed by atoms with Crippen LogP contribution in [0.2, 0.25) is 0 Å². The van der Waals surface area contributed by atoms with E-state index < -0.39 is 244 Å². The lowest BCUT2D eigenvalue weighted by molar-refractivity contribution is -0.205. The quantitative estimate of drug-likeness (QED) is 0.0248. The van der Waals surface area contributed by atoms with E-state index in [-0.39, 0.29) is 86.1 Å². The van der Waals surface area contributed by atoms with Gasteiger partial charge >= 0.3 is 54.0 Å². The van der Waals surface area contributed by atoms with Crippen LogP contribution in [0.15, 0.2) is 136 Å². The number of phosphoric acid groups is 4. The Balaban J connectivity index is 0.000000155. The second-order valence-electron chi connectivity index (χ2n) is 28.2. The third-order valence-electron chi connectivity index (χ3n) is 19.8. The second-order valence-corrected chi connectivity index (χ2v) is 34.4. The summed E-state index contributed by atoms with van der Waals surface area (Å²) < 4.78 is 265. The van der Waals surface area contributed by atoms with Crippen LogP contribution in [0.25, 0.3) is 0 Å². The van der Waals surface area contributed by atoms with E-state index in [0.717, 1.165) is 12.4 Å². The lowest BCUT2D eigenvalue weighted by Crippen LogP contribution is -2.43. The Morgan fingerprint density at radius 1 is 0.379 bits per heavy atom. The highest BCUT2D eigenvalue weighted by Crippen LogP contribution is 2.62. The van der Waals surface area contributed by atoms with Crippen molar-refractivity contribution in [2.75, 3.05) is 54.8 Å². The van der Waals surface area contributed by atoms with Crippen LogP contribution in [0.1, 0.15) is 77.6 Å². The summed E-state index contributed by atoms with van der Waals surface area (Å²) in [5, 5.41) is 119. The molecule has 52 nitrogen and oxygen atoms in total. The maximum absolute atomic E-state index is 15.9. The average Bonchev–Trinajstić information content (AvgIpc) is 1.55. The number of hydrogen-bond acceptors (Lipinski definition) is 44. The monoisotopic (exact) mass is 1970 g/mol. The van der Waals surface area contributed by atoms with Crippen LogP contribution < -0.4 is 82.0 Å². The van der Waals surface area contributed by atoms with Gasteiger partial charge in [-0.05, 0) is 24.3 Å². The molecule has 0 amide bonds. The molecule has 0 radical (unpaired) electrons. The summed E-state index contributed by atoms with van der Waals surface area (Å²) in [5.74, 6) is -14.1. The Morgan fingerprint density at radius 3 is 0.924 bits per heavy atom. The van der Waals surface area contributed by atoms with Crippen molar-refractivity contribution in [1.82, 2.24) is 38.2 Å². The minimum absolute atomic E-state index is 0.0339. The van der Waals surface area contributed by atoms with E-state index in [1.165, 1.54) is 52.7 Å². The summed E-state index contributed by atoms with van der Waals surface area (Å²) in [6.07, 6.45) is -27.0. The van der Waals surface area contributed by atoms with Gasteiger partial charge in [0.05, 0.1) is 112 Å². The fraction of sp³-hybridized carbons (Fsp3) is 0.444. The lowest BCUT2D eigenvalue weighted by atomic mass is 10.1. The number of aliphatic hydroxyl groups excluding tert-OH is 12. The van der Waals surface area contributed by atoms with Gasteiger partial charge < -0.3 is 117 Å². The Morgan fingerprint density at radius 2 is 0.621 bits per heavy atom. The Kier molecular flexibility index (Phi) is 27.1. The van der Waals surface area contributed by atoms with Gasteiger partial charge in [0, 0.05) is 47.0 Å². The SMILES string of the molecule is COc1cccc2c1OP(=O)(OC[C@@]1(F)O[C@@H](n3cc(CO)c(=O)[nH]c3=O)[C@H](O)[C@@H]1O)OC2.[2H]C([2H])(OP1(=O)OCc2cccc(OC)c2O1)[C@@]1(F)O[C@@H](n2cc(CO)c(=O)[nH]c2=O)[C@H](O)[C@@H]1O.[2H]C([2H])(OP1(=O)OCc2cccc(OC)c2O1)[C@@]1(F)O[C@@]([2H])(n2cc(CO)c(=O)[nH]c2=O)[C@H](O)[C@@H]1O.[2H][C@@]1(n2cc(CO)c(=O)[nH]c2=O)O[C@](F)(COP2(=O)OCc3cccc(OC)c3O2)[C@@H](O)[C@H]1O. The van der Waals surface area contributed by atoms with E-state index in [9.17, 15) is 118 Å². The number of hydrogen-bond donors (Lipinski definition) is 16. The molecule has 0 saturated carbocycles. The summed E-state index contributed by atoms with van der Waals surface area (Å²) in [6, 6.07) is 18.7. The predicted molar refractivity (Wildman–Crippen MR) is 421 cm³/mol. The van der Waals surface area contributed by atoms with E-state index in [0.29, 0.717) is 43.8 Å². The first-order chi connectivity index (χ1) is 64.6. The molecule has 16 rings (SSSR count). The maximum Gasteiger partial charge on any atom is 0.530 e. The molecule has 8 aromatic rings. The van der Waals surface area contributed by atoms with Crippen molar-refractivity contribution in [3.8, 4) is 46.0 Å². The number of rotatable bonds is 24. The first-order valence-electron chi connectivity index (χ1n) is 40.5. The molecule has 0 spiro atoms. The second kappa shape index (κ2) is 39.3. The van der Waals surface area contributed by atoms with Crippen LogP contribution in [-0.2, 0) is 126 Å². The molecule has 4 unspecified atom stereocenters. The van der Waals surface area contributed by atoms with Gasteiger partial charge in [-0.2, -0.15) is 0 Å². The van der Waals surface area contributed by atoms with Gasteiger partial charge in [-0.15, -0.1) is 0 Å². The maximum atomic E-state index is 15.9. The van der Waals surface area contributed by atoms with Crippen molar-refractivity contribution in [3.63, 3.8) is 0 Å². The van der Waals surface area contributed by atoms with Crippen molar-refractivity contribution >= 4 is 31.3 Å². The van der Waals surface area contributed by atoms with Gasteiger partial charge in [-0.1, -0.05) is 48.5 Å². The Labute approximate surface area is 740 Å². The molecule has 16 N–H and O–H groups in total. The lowest BCUT2D eigenvalue weighted by Gasteiger charge is -2.28. The molecule has 8 aliphatic rings. The molecule has 0 aliphatic carbocycles. The molecule has 8 aliphatic heterocycles. The van der Waals surface area contributed by atoms with Crippen molar-refractivity contribution < 1.29 is 198 Å². The Hall–Kier alpha value is -10.3. The molecule has 60 heteroatoms. The number of nitrogens with zero attached hydrogens (tertiary/aromatic N) is 4. The summed E-state index contributed by atoms with van der Waals surface area (Å²) >= 11 is 0. The zero-order chi connectivity index (χ0) is 101. The molecule has 4 saturated heterocycles. The molecular formula is C72H80F4N8O44P4. The summed E-state index contributed by atoms with van der Waals surface area (Å²) in [4.78, 5) is 102. The smallest absolute Gasteiger partial charge is 0.493 e. The number of halogens is 4. The minimum Gasteiger partial charge on any atom is -0.493 e. The summed E-state index contributed by atoms with van der Waals surface area (Å²) in [6.45, 7) is -14.9. The molecule has 4 fully saturated rings. The number of ether oxygens (including phenoxy) is 8. The van der Waals surface area contributed by atoms with E-state index in [2.05, 4.69) is 0 Å². The highest BCUT2D eigenvalue weighted by atomic mass is 31.2. The zero-order valence-electron chi connectivity index (χ0n) is 73.6. The first kappa shape index (κ1) is 90.8. The van der Waals surface area contributed by atoms with Gasteiger partial charge in [-0.3, -0.25) is 93.6 Å². The number of phosphoric ester groups is 4. The largest absolute Gasteiger partial charge is 0.530 e. The number of H-pyrrole nitrogens is 4. The number of nitrogens with one attached hydrogen (secondary N) is 4. The molecule has 4 aromatic heterocycles. The van der Waals surface area contributed by atoms with E-state index >= 15 is 17.6 Å². The van der Waals surface area contributed by atoms with E-state index in [1.54, 1.807) is 63.5 Å². The van der Waals surface area contributed by atoms with Crippen LogP contribution >= 0.6 is 31.3 Å². The highest BCUT2D eigenvalue weighted by molar-refractivity contribution is 7.49. The topological polar surface area (TPSA) is 715 Å². The van der Waals surface area contributed by atoms with Crippen LogP contribution in [0.3, 0.4) is 0 Å². The zero-order valence-corrected chi connectivity index (χ0v) is 71.2. The van der Waals surface area contributed by atoms with Crippen LogP contribution in [0, 0.1) is 0 Å². The molecule has 0 bridgehead atoms. The van der Waals surface area contributed by atoms with Crippen LogP contribution in [0.4, 0.5) is 17.6 Å². The van der Waals surface area contributed by atoms with Crippen molar-refractivity contribution in [1.29, 1.82) is 0 Å². The average molecular weight is 1970 g/mol. The molecule has 132 heavy (non-hydrogen) atoms. The number of aliphatic hydroxyl groups is 12. The normalized spacial score (nSPS) is 33.1. The van der Waals surface area contributed by atoms with Gasteiger partial charge in [0.25, 0.3) is 45.7 Å². The van der Waals surface area contributed by atoms with Gasteiger partial charge in [-0.25, -0.2) is 55.0 Å². The number of para-hydroxylation sites is 4. The molecule has 12 heterocycles. The number of alkyl halides is 4. The summed E-state index contributed by atoms with van der Waals surface area (Å²) in [7, 11) is -13.4. The fourth-order valence-electron chi connectivity index (χ4n) is 12.9. The fourth-order valence-corrected chi connectivity index (χ4v) is 17.6. The number of methoxy groups -OCH3 is 4.